The lowest BCUT2D eigenvalue weighted by molar-refractivity contribution is 0.0860. The average molecular weight is 380 g/mol. The quantitative estimate of drug-likeness (QED) is 0.583. The van der Waals surface area contributed by atoms with E-state index in [1.165, 1.54) is 0 Å². The molecular weight excluding hydrogens is 356 g/mol. The summed E-state index contributed by atoms with van der Waals surface area (Å²) in [5, 5.41) is 12.4. The van der Waals surface area contributed by atoms with E-state index >= 15 is 0 Å². The second kappa shape index (κ2) is 7.48. The molecule has 28 heavy (non-hydrogen) atoms. The van der Waals surface area contributed by atoms with Crippen molar-refractivity contribution >= 4 is 28.3 Å². The van der Waals surface area contributed by atoms with Crippen LogP contribution in [0.25, 0.3) is 22.1 Å². The molecule has 0 aliphatic rings. The molecule has 0 aliphatic heterocycles. The van der Waals surface area contributed by atoms with Gasteiger partial charge in [0.25, 0.3) is 0 Å². The van der Waals surface area contributed by atoms with E-state index in [1.54, 1.807) is 36.4 Å². The number of aliphatic hydroxyl groups is 1. The highest BCUT2D eigenvalue weighted by Crippen LogP contribution is 2.33. The monoisotopic (exact) mass is 380 g/mol. The summed E-state index contributed by atoms with van der Waals surface area (Å²) in [6.45, 7) is 5.69. The average Bonchev–Trinajstić information content (AvgIpc) is 2.65. The molecule has 0 saturated carbocycles. The number of nitrogens with one attached hydrogen (secondary N) is 1. The van der Waals surface area contributed by atoms with Gasteiger partial charge in [0, 0.05) is 28.8 Å². The number of hydrogen-bond donors (Lipinski definition) is 3. The van der Waals surface area contributed by atoms with Crippen LogP contribution >= 0.6 is 0 Å². The summed E-state index contributed by atoms with van der Waals surface area (Å²) in [5.41, 5.74) is 7.10. The molecule has 0 aliphatic carbocycles. The summed E-state index contributed by atoms with van der Waals surface area (Å²) in [5.74, 6) is -0.163. The Morgan fingerprint density at radius 1 is 1.14 bits per heavy atom. The van der Waals surface area contributed by atoms with Crippen LogP contribution in [0.3, 0.4) is 0 Å². The number of aliphatic hydroxyl groups excluding tert-OH is 1. The molecular formula is C22H24N2O4. The van der Waals surface area contributed by atoms with Crippen molar-refractivity contribution in [2.75, 3.05) is 24.2 Å². The summed E-state index contributed by atoms with van der Waals surface area (Å²) in [6, 6.07) is 12.1. The number of hydrogen-bond acceptors (Lipinski definition) is 6. The Morgan fingerprint density at radius 3 is 2.54 bits per heavy atom. The summed E-state index contributed by atoms with van der Waals surface area (Å²) in [4.78, 5) is 26.4. The van der Waals surface area contributed by atoms with E-state index in [1.807, 2.05) is 26.8 Å². The first kappa shape index (κ1) is 19.6. The van der Waals surface area contributed by atoms with Gasteiger partial charge in [0.2, 0.25) is 11.3 Å². The molecule has 4 N–H and O–H groups in total. The van der Waals surface area contributed by atoms with Gasteiger partial charge in [0.05, 0.1) is 17.6 Å². The fraction of sp³-hybridized carbons (Fsp3) is 0.273. The molecule has 0 atom stereocenters. The Hall–Kier alpha value is -3.12. The standard InChI is InChI=1S/C22H24N2O4/c1-22(2,3)20(27)14-8-6-10-16-17(14)19(26)18(21(23)28-16)13-7-4-5-9-15(13)24-11-12-25/h4-10,24-25H,11-12,23H2,1-3H3. The summed E-state index contributed by atoms with van der Waals surface area (Å²) >= 11 is 0. The molecule has 3 rings (SSSR count). The van der Waals surface area contributed by atoms with Gasteiger partial charge in [-0.1, -0.05) is 51.1 Å². The van der Waals surface area contributed by atoms with E-state index in [2.05, 4.69) is 5.32 Å². The van der Waals surface area contributed by atoms with Gasteiger partial charge in [0.15, 0.2) is 5.78 Å². The van der Waals surface area contributed by atoms with Crippen LogP contribution in [0.4, 0.5) is 11.6 Å². The maximum Gasteiger partial charge on any atom is 0.203 e. The van der Waals surface area contributed by atoms with E-state index in [-0.39, 0.29) is 40.2 Å². The minimum absolute atomic E-state index is 0.0175. The fourth-order valence-electron chi connectivity index (χ4n) is 3.15. The summed E-state index contributed by atoms with van der Waals surface area (Å²) in [7, 11) is 0. The van der Waals surface area contributed by atoms with E-state index in [4.69, 9.17) is 15.3 Å². The van der Waals surface area contributed by atoms with Crippen LogP contribution in [0.2, 0.25) is 0 Å². The molecule has 146 valence electrons. The molecule has 1 aromatic heterocycles. The van der Waals surface area contributed by atoms with Gasteiger partial charge >= 0.3 is 0 Å². The summed E-state index contributed by atoms with van der Waals surface area (Å²) < 4.78 is 5.74. The highest BCUT2D eigenvalue weighted by molar-refractivity contribution is 6.10. The van der Waals surface area contributed by atoms with Crippen LogP contribution in [-0.2, 0) is 0 Å². The third-order valence-electron chi connectivity index (χ3n) is 4.50. The molecule has 1 heterocycles. The van der Waals surface area contributed by atoms with Crippen molar-refractivity contribution < 1.29 is 14.3 Å². The molecule has 2 aromatic carbocycles. The van der Waals surface area contributed by atoms with E-state index in [0.717, 1.165) is 0 Å². The molecule has 0 spiro atoms. The first-order valence-electron chi connectivity index (χ1n) is 9.10. The Balaban J connectivity index is 2.33. The highest BCUT2D eigenvalue weighted by Gasteiger charge is 2.27. The minimum atomic E-state index is -0.650. The van der Waals surface area contributed by atoms with Gasteiger partial charge in [-0.2, -0.15) is 0 Å². The molecule has 0 amide bonds. The molecule has 0 fully saturated rings. The number of fused-ring (bicyclic) bond motifs is 1. The third-order valence-corrected chi connectivity index (χ3v) is 4.50. The Kier molecular flexibility index (Phi) is 5.25. The largest absolute Gasteiger partial charge is 0.440 e. The molecule has 6 heteroatoms. The molecule has 3 aromatic rings. The lowest BCUT2D eigenvalue weighted by atomic mass is 9.85. The van der Waals surface area contributed by atoms with Crippen LogP contribution in [0.5, 0.6) is 0 Å². The lowest BCUT2D eigenvalue weighted by Gasteiger charge is -2.18. The van der Waals surface area contributed by atoms with Gasteiger partial charge in [-0.3, -0.25) is 9.59 Å². The summed E-state index contributed by atoms with van der Waals surface area (Å²) in [6.07, 6.45) is 0. The number of nitrogen functional groups attached to an aromatic ring is 1. The Morgan fingerprint density at radius 2 is 1.86 bits per heavy atom. The topological polar surface area (TPSA) is 106 Å². The van der Waals surface area contributed by atoms with Crippen molar-refractivity contribution in [2.45, 2.75) is 20.8 Å². The minimum Gasteiger partial charge on any atom is -0.440 e. The number of carbonyl (C=O) groups is 1. The zero-order chi connectivity index (χ0) is 20.5. The van der Waals surface area contributed by atoms with Crippen molar-refractivity contribution in [2.24, 2.45) is 5.41 Å². The zero-order valence-electron chi connectivity index (χ0n) is 16.2. The first-order valence-corrected chi connectivity index (χ1v) is 9.10. The zero-order valence-corrected chi connectivity index (χ0v) is 16.2. The predicted octanol–water partition coefficient (Wildman–Crippen LogP) is 3.68. The third kappa shape index (κ3) is 3.51. The normalized spacial score (nSPS) is 11.6. The fourth-order valence-corrected chi connectivity index (χ4v) is 3.15. The van der Waals surface area contributed by atoms with Crippen LogP contribution < -0.4 is 16.5 Å². The van der Waals surface area contributed by atoms with Crippen molar-refractivity contribution in [3.05, 3.63) is 58.3 Å². The van der Waals surface area contributed by atoms with E-state index in [0.29, 0.717) is 23.4 Å². The van der Waals surface area contributed by atoms with Crippen LogP contribution in [0, 0.1) is 5.41 Å². The van der Waals surface area contributed by atoms with Gasteiger partial charge in [-0.25, -0.2) is 0 Å². The number of nitrogens with two attached hydrogens (primary N) is 1. The second-order valence-electron chi connectivity index (χ2n) is 7.62. The number of anilines is 2. The SMILES string of the molecule is CC(C)(C)C(=O)c1cccc2oc(N)c(-c3ccccc3NCCO)c(=O)c12. The Labute approximate surface area is 163 Å². The van der Waals surface area contributed by atoms with Crippen molar-refractivity contribution in [1.82, 2.24) is 0 Å². The lowest BCUT2D eigenvalue weighted by Crippen LogP contribution is -2.22. The second-order valence-corrected chi connectivity index (χ2v) is 7.62. The number of Topliss-reactive ketones (excluding diaryl/α,β-unsaturated/α-hetero) is 1. The molecule has 0 unspecified atom stereocenters. The maximum atomic E-state index is 13.5. The Bertz CT molecular complexity index is 1090. The number of carbonyl (C=O) groups excluding carboxylic acids is 1. The molecule has 0 saturated heterocycles. The molecule has 6 nitrogen and oxygen atoms in total. The molecule has 0 radical (unpaired) electrons. The van der Waals surface area contributed by atoms with E-state index < -0.39 is 5.41 Å². The van der Waals surface area contributed by atoms with Crippen molar-refractivity contribution in [3.8, 4) is 11.1 Å². The number of benzene rings is 2. The van der Waals surface area contributed by atoms with E-state index in [9.17, 15) is 9.59 Å². The van der Waals surface area contributed by atoms with Crippen LogP contribution in [0.15, 0.2) is 51.7 Å². The van der Waals surface area contributed by atoms with Crippen molar-refractivity contribution in [1.29, 1.82) is 0 Å². The number of para-hydroxylation sites is 1. The number of ketones is 1. The van der Waals surface area contributed by atoms with Gasteiger partial charge in [0.1, 0.15) is 5.58 Å². The predicted molar refractivity (Wildman–Crippen MR) is 112 cm³/mol. The van der Waals surface area contributed by atoms with Gasteiger partial charge in [-0.15, -0.1) is 0 Å². The first-order chi connectivity index (χ1) is 13.3. The van der Waals surface area contributed by atoms with Gasteiger partial charge < -0.3 is 20.6 Å². The van der Waals surface area contributed by atoms with Crippen LogP contribution in [-0.4, -0.2) is 24.0 Å². The smallest absolute Gasteiger partial charge is 0.203 e. The maximum absolute atomic E-state index is 13.5. The van der Waals surface area contributed by atoms with Crippen molar-refractivity contribution in [3.63, 3.8) is 0 Å². The highest BCUT2D eigenvalue weighted by atomic mass is 16.3. The van der Waals surface area contributed by atoms with Crippen LogP contribution in [0.1, 0.15) is 31.1 Å². The van der Waals surface area contributed by atoms with Gasteiger partial charge in [-0.05, 0) is 12.1 Å². The molecule has 0 bridgehead atoms. The number of rotatable bonds is 5.